The molecule has 0 bridgehead atoms. The van der Waals surface area contributed by atoms with Gasteiger partial charge in [-0.25, -0.2) is 0 Å². The predicted molar refractivity (Wildman–Crippen MR) is 114 cm³/mol. The Morgan fingerprint density at radius 1 is 0.828 bits per heavy atom. The zero-order valence-corrected chi connectivity index (χ0v) is 18.1. The van der Waals surface area contributed by atoms with Gasteiger partial charge in [0.1, 0.15) is 16.5 Å². The summed E-state index contributed by atoms with van der Waals surface area (Å²) in [5, 5.41) is 19.8. The van der Waals surface area contributed by atoms with E-state index in [0.717, 1.165) is 6.07 Å². The van der Waals surface area contributed by atoms with Crippen molar-refractivity contribution < 1.29 is 23.2 Å². The second-order valence-corrected chi connectivity index (χ2v) is 9.25. The van der Waals surface area contributed by atoms with E-state index in [1.165, 1.54) is 42.5 Å². The van der Waals surface area contributed by atoms with Crippen molar-refractivity contribution in [3.05, 3.63) is 91.4 Å². The number of aromatic hydroxyl groups is 2. The van der Waals surface area contributed by atoms with E-state index in [1.54, 1.807) is 6.07 Å². The minimum atomic E-state index is -5.11. The Kier molecular flexibility index (Phi) is 5.98. The van der Waals surface area contributed by atoms with Crippen molar-refractivity contribution in [1.82, 2.24) is 0 Å². The van der Waals surface area contributed by atoms with Gasteiger partial charge in [0.2, 0.25) is 0 Å². The molecule has 10 heteroatoms. The van der Waals surface area contributed by atoms with E-state index >= 15 is 0 Å². The maximum absolute atomic E-state index is 13.0. The van der Waals surface area contributed by atoms with Gasteiger partial charge in [0, 0.05) is 27.2 Å². The largest absolute Gasteiger partial charge is 0.506 e. The van der Waals surface area contributed by atoms with Crippen LogP contribution in [-0.4, -0.2) is 23.2 Å². The average molecular weight is 494 g/mol. The molecule has 0 aliphatic carbocycles. The van der Waals surface area contributed by atoms with E-state index in [4.69, 9.17) is 46.4 Å². The lowest BCUT2D eigenvalue weighted by Crippen LogP contribution is -2.39. The van der Waals surface area contributed by atoms with Crippen LogP contribution in [0.1, 0.15) is 16.7 Å². The Labute approximate surface area is 186 Å². The van der Waals surface area contributed by atoms with Gasteiger partial charge in [-0.2, -0.15) is 8.42 Å². The van der Waals surface area contributed by atoms with Gasteiger partial charge in [0.15, 0.2) is 4.75 Å². The standard InChI is InChI=1S/C19H12Cl4O5S/c20-11-6-7-12(13(21)8-11)19(29(26,27)28,10-4-2-1-3-5-10)16-14(22)9-15(24)17(23)18(16)25/h1-9,24-25H,(H,26,27,28). The first-order valence-electron chi connectivity index (χ1n) is 7.90. The first kappa shape index (κ1) is 22.0. The number of benzene rings is 3. The van der Waals surface area contributed by atoms with Crippen LogP contribution in [-0.2, 0) is 14.9 Å². The van der Waals surface area contributed by atoms with Crippen molar-refractivity contribution in [2.24, 2.45) is 0 Å². The minimum Gasteiger partial charge on any atom is -0.506 e. The first-order chi connectivity index (χ1) is 13.5. The molecule has 29 heavy (non-hydrogen) atoms. The Balaban J connectivity index is 2.65. The smallest absolute Gasteiger partial charge is 0.283 e. The summed E-state index contributed by atoms with van der Waals surface area (Å²) < 4.78 is 34.0. The predicted octanol–water partition coefficient (Wildman–Crippen LogP) is 5.89. The molecule has 0 heterocycles. The summed E-state index contributed by atoms with van der Waals surface area (Å²) in [5.74, 6) is -1.40. The zero-order chi connectivity index (χ0) is 21.6. The van der Waals surface area contributed by atoms with Gasteiger partial charge in [0.05, 0.1) is 5.02 Å². The molecule has 0 saturated carbocycles. The molecule has 1 unspecified atom stereocenters. The fourth-order valence-corrected chi connectivity index (χ4v) is 5.73. The Hall–Kier alpha value is -1.67. The molecule has 3 rings (SSSR count). The van der Waals surface area contributed by atoms with Crippen LogP contribution in [0.3, 0.4) is 0 Å². The fraction of sp³-hybridized carbons (Fsp3) is 0.0526. The zero-order valence-electron chi connectivity index (χ0n) is 14.3. The Morgan fingerprint density at radius 3 is 2.00 bits per heavy atom. The number of phenols is 2. The first-order valence-corrected chi connectivity index (χ1v) is 10.9. The van der Waals surface area contributed by atoms with Crippen LogP contribution in [0.5, 0.6) is 11.5 Å². The molecular formula is C19H12Cl4O5S. The topological polar surface area (TPSA) is 94.8 Å². The summed E-state index contributed by atoms with van der Waals surface area (Å²) in [5.41, 5.74) is -0.582. The summed E-state index contributed by atoms with van der Waals surface area (Å²) in [6.45, 7) is 0. The van der Waals surface area contributed by atoms with E-state index < -0.39 is 37.0 Å². The van der Waals surface area contributed by atoms with E-state index in [1.807, 2.05) is 0 Å². The maximum atomic E-state index is 13.0. The van der Waals surface area contributed by atoms with Gasteiger partial charge in [-0.3, -0.25) is 4.55 Å². The fourth-order valence-electron chi connectivity index (χ4n) is 3.23. The molecule has 3 aromatic rings. The number of hydrogen-bond donors (Lipinski definition) is 3. The molecule has 0 spiro atoms. The van der Waals surface area contributed by atoms with E-state index in [9.17, 15) is 23.2 Å². The van der Waals surface area contributed by atoms with E-state index in [-0.39, 0.29) is 26.2 Å². The van der Waals surface area contributed by atoms with Crippen LogP contribution in [0.25, 0.3) is 0 Å². The Bertz CT molecular complexity index is 1200. The van der Waals surface area contributed by atoms with Gasteiger partial charge in [0.25, 0.3) is 10.1 Å². The van der Waals surface area contributed by atoms with Gasteiger partial charge in [-0.05, 0) is 17.7 Å². The second kappa shape index (κ2) is 7.87. The second-order valence-electron chi connectivity index (χ2n) is 6.06. The molecule has 0 fully saturated rings. The van der Waals surface area contributed by atoms with Crippen molar-refractivity contribution in [3.63, 3.8) is 0 Å². The maximum Gasteiger partial charge on any atom is 0.283 e. The van der Waals surface area contributed by atoms with Gasteiger partial charge < -0.3 is 10.2 Å². The monoisotopic (exact) mass is 492 g/mol. The summed E-state index contributed by atoms with van der Waals surface area (Å²) >= 11 is 24.5. The van der Waals surface area contributed by atoms with Crippen LogP contribution < -0.4 is 0 Å². The van der Waals surface area contributed by atoms with Crippen molar-refractivity contribution in [2.45, 2.75) is 4.75 Å². The number of phenolic OH excluding ortho intramolecular Hbond substituents is 2. The number of rotatable bonds is 4. The molecule has 0 radical (unpaired) electrons. The summed E-state index contributed by atoms with van der Waals surface area (Å²) in [6.07, 6.45) is 0. The highest BCUT2D eigenvalue weighted by Gasteiger charge is 2.53. The summed E-state index contributed by atoms with van der Waals surface area (Å²) in [4.78, 5) is 0. The lowest BCUT2D eigenvalue weighted by Gasteiger charge is -2.34. The van der Waals surface area contributed by atoms with Crippen molar-refractivity contribution >= 4 is 56.5 Å². The lowest BCUT2D eigenvalue weighted by molar-refractivity contribution is 0.431. The Morgan fingerprint density at radius 2 is 1.45 bits per heavy atom. The van der Waals surface area contributed by atoms with Crippen LogP contribution in [0, 0.1) is 0 Å². The van der Waals surface area contributed by atoms with E-state index in [2.05, 4.69) is 0 Å². The highest BCUT2D eigenvalue weighted by Crippen LogP contribution is 2.54. The molecule has 3 aromatic carbocycles. The van der Waals surface area contributed by atoms with Crippen LogP contribution >= 0.6 is 46.4 Å². The third kappa shape index (κ3) is 3.54. The highest BCUT2D eigenvalue weighted by molar-refractivity contribution is 7.87. The summed E-state index contributed by atoms with van der Waals surface area (Å²) in [7, 11) is -5.11. The van der Waals surface area contributed by atoms with Crippen LogP contribution in [0.15, 0.2) is 54.6 Å². The molecule has 3 N–H and O–H groups in total. The van der Waals surface area contributed by atoms with Crippen LogP contribution in [0.4, 0.5) is 0 Å². The molecule has 152 valence electrons. The van der Waals surface area contributed by atoms with Gasteiger partial charge in [-0.1, -0.05) is 82.8 Å². The quantitative estimate of drug-likeness (QED) is 0.311. The van der Waals surface area contributed by atoms with Crippen molar-refractivity contribution in [1.29, 1.82) is 0 Å². The normalized spacial score (nSPS) is 13.8. The SMILES string of the molecule is O=S(=O)(O)C(c1ccccc1)(c1ccc(Cl)cc1Cl)c1c(Cl)cc(O)c(Cl)c1O. The molecule has 0 aliphatic heterocycles. The number of halogens is 4. The van der Waals surface area contributed by atoms with Crippen molar-refractivity contribution in [2.75, 3.05) is 0 Å². The molecule has 0 aromatic heterocycles. The van der Waals surface area contributed by atoms with E-state index in [0.29, 0.717) is 0 Å². The van der Waals surface area contributed by atoms with Gasteiger partial charge in [-0.15, -0.1) is 0 Å². The third-order valence-electron chi connectivity index (χ3n) is 4.40. The third-order valence-corrected chi connectivity index (χ3v) is 7.05. The molecule has 1 atom stereocenters. The molecule has 0 amide bonds. The minimum absolute atomic E-state index is 0.0191. The molecular weight excluding hydrogens is 482 g/mol. The number of hydrogen-bond acceptors (Lipinski definition) is 4. The van der Waals surface area contributed by atoms with Crippen molar-refractivity contribution in [3.8, 4) is 11.5 Å². The summed E-state index contributed by atoms with van der Waals surface area (Å²) in [6, 6.07) is 12.4. The van der Waals surface area contributed by atoms with Gasteiger partial charge >= 0.3 is 0 Å². The average Bonchev–Trinajstić information content (AvgIpc) is 2.64. The highest BCUT2D eigenvalue weighted by atomic mass is 35.5. The molecule has 0 saturated heterocycles. The van der Waals surface area contributed by atoms with Crippen LogP contribution in [0.2, 0.25) is 20.1 Å². The lowest BCUT2D eigenvalue weighted by atomic mass is 9.83. The molecule has 5 nitrogen and oxygen atoms in total. The molecule has 0 aliphatic rings.